The van der Waals surface area contributed by atoms with Crippen molar-refractivity contribution < 1.29 is 4.74 Å². The second kappa shape index (κ2) is 0.915. The van der Waals surface area contributed by atoms with Crippen LogP contribution >= 0.6 is 0 Å². The third-order valence-corrected chi connectivity index (χ3v) is 1.23. The van der Waals surface area contributed by atoms with Crippen molar-refractivity contribution in [2.45, 2.75) is 6.42 Å². The van der Waals surface area contributed by atoms with Gasteiger partial charge in [-0.25, -0.2) is 0 Å². The monoisotopic (exact) mass is 94.0 g/mol. The summed E-state index contributed by atoms with van der Waals surface area (Å²) in [5.74, 6) is 1.12. The van der Waals surface area contributed by atoms with Crippen LogP contribution in [-0.4, -0.2) is 6.61 Å². The molecule has 7 heavy (non-hydrogen) atoms. The lowest BCUT2D eigenvalue weighted by atomic mass is 10.3. The lowest BCUT2D eigenvalue weighted by Gasteiger charge is -2.12. The number of hydrogen-bond acceptors (Lipinski definition) is 1. The summed E-state index contributed by atoms with van der Waals surface area (Å²) < 4.78 is 5.05. The van der Waals surface area contributed by atoms with E-state index >= 15 is 0 Å². The third kappa shape index (κ3) is 0.377. The van der Waals surface area contributed by atoms with Crippen LogP contribution in [0.1, 0.15) is 6.42 Å². The van der Waals surface area contributed by atoms with Crippen LogP contribution in [0.5, 0.6) is 0 Å². The van der Waals surface area contributed by atoms with E-state index in [4.69, 9.17) is 4.74 Å². The van der Waals surface area contributed by atoms with Crippen molar-refractivity contribution in [2.75, 3.05) is 6.61 Å². The zero-order chi connectivity index (χ0) is 4.69. The number of ether oxygens (including phenoxy) is 1. The predicted octanol–water partition coefficient (Wildman–Crippen LogP) is 1.23. The molecule has 0 aromatic carbocycles. The maximum absolute atomic E-state index is 5.05. The Morgan fingerprint density at radius 3 is 2.29 bits per heavy atom. The zero-order valence-corrected chi connectivity index (χ0v) is 3.98. The van der Waals surface area contributed by atoms with Crippen molar-refractivity contribution in [2.24, 2.45) is 0 Å². The summed E-state index contributed by atoms with van der Waals surface area (Å²) in [4.78, 5) is 0. The second-order valence-electron chi connectivity index (χ2n) is 1.81. The smallest absolute Gasteiger partial charge is 0.122 e. The molecule has 0 unspecified atom stereocenters. The first-order chi connectivity index (χ1) is 3.47. The highest BCUT2D eigenvalue weighted by atomic mass is 16.5. The van der Waals surface area contributed by atoms with Gasteiger partial charge in [-0.05, 0) is 18.1 Å². The molecule has 0 aromatic rings. The maximum atomic E-state index is 5.05. The molecule has 0 spiro atoms. The Kier molecular flexibility index (Phi) is 0.432. The summed E-state index contributed by atoms with van der Waals surface area (Å²) >= 11 is 0. The highest BCUT2D eigenvalue weighted by Crippen LogP contribution is 2.31. The molecule has 2 rings (SSSR count). The molecule has 0 aromatic heterocycles. The molecule has 0 atom stereocenters. The Hall–Kier alpha value is -0.720. The fourth-order valence-electron chi connectivity index (χ4n) is 0.643. The Labute approximate surface area is 42.3 Å². The summed E-state index contributed by atoms with van der Waals surface area (Å²) in [5.41, 5.74) is 1.39. The molecule has 1 nitrogen and oxygen atoms in total. The summed E-state index contributed by atoms with van der Waals surface area (Å²) in [7, 11) is 0. The molecule has 0 N–H and O–H groups in total. The minimum Gasteiger partial charge on any atom is -0.489 e. The summed E-state index contributed by atoms with van der Waals surface area (Å²) in [5, 5.41) is 0. The van der Waals surface area contributed by atoms with Crippen molar-refractivity contribution in [3.63, 3.8) is 0 Å². The van der Waals surface area contributed by atoms with Crippen molar-refractivity contribution >= 4 is 0 Å². The highest BCUT2D eigenvalue weighted by Gasteiger charge is 2.18. The van der Waals surface area contributed by atoms with E-state index in [1.807, 2.05) is 0 Å². The standard InChI is InChI=1S/C6H6O/c1-2-5(1)6-3-4-7-6/h1,3H,2,4H2. The van der Waals surface area contributed by atoms with Gasteiger partial charge in [0.1, 0.15) is 12.4 Å². The molecule has 0 saturated carbocycles. The molecule has 0 amide bonds. The van der Waals surface area contributed by atoms with E-state index in [1.165, 1.54) is 5.57 Å². The minimum atomic E-state index is 0.826. The van der Waals surface area contributed by atoms with E-state index < -0.39 is 0 Å². The van der Waals surface area contributed by atoms with E-state index in [9.17, 15) is 0 Å². The van der Waals surface area contributed by atoms with Gasteiger partial charge >= 0.3 is 0 Å². The second-order valence-corrected chi connectivity index (χ2v) is 1.81. The molecule has 1 heterocycles. The largest absolute Gasteiger partial charge is 0.489 e. The van der Waals surface area contributed by atoms with Crippen molar-refractivity contribution in [1.29, 1.82) is 0 Å². The number of allylic oxidation sites excluding steroid dienone is 2. The SMILES string of the molecule is C1=C(C2=CCO2)C1. The van der Waals surface area contributed by atoms with Crippen LogP contribution in [0.3, 0.4) is 0 Å². The normalized spacial score (nSPS) is 24.0. The van der Waals surface area contributed by atoms with Crippen molar-refractivity contribution in [3.8, 4) is 0 Å². The van der Waals surface area contributed by atoms with Crippen LogP contribution in [0.4, 0.5) is 0 Å². The van der Waals surface area contributed by atoms with Crippen molar-refractivity contribution in [3.05, 3.63) is 23.5 Å². The van der Waals surface area contributed by atoms with Gasteiger partial charge in [-0.2, -0.15) is 0 Å². The van der Waals surface area contributed by atoms with Gasteiger partial charge in [0, 0.05) is 0 Å². The molecule has 0 radical (unpaired) electrons. The van der Waals surface area contributed by atoms with E-state index in [0.717, 1.165) is 18.8 Å². The van der Waals surface area contributed by atoms with Crippen LogP contribution in [-0.2, 0) is 4.74 Å². The molecule has 36 valence electrons. The van der Waals surface area contributed by atoms with Crippen LogP contribution in [0.2, 0.25) is 0 Å². The summed E-state index contributed by atoms with van der Waals surface area (Å²) in [6.45, 7) is 0.826. The summed E-state index contributed by atoms with van der Waals surface area (Å²) in [6, 6.07) is 0. The first kappa shape index (κ1) is 3.30. The van der Waals surface area contributed by atoms with E-state index in [1.54, 1.807) is 0 Å². The van der Waals surface area contributed by atoms with Gasteiger partial charge < -0.3 is 4.74 Å². The van der Waals surface area contributed by atoms with Crippen LogP contribution in [0.15, 0.2) is 23.5 Å². The fourth-order valence-corrected chi connectivity index (χ4v) is 0.643. The first-order valence-electron chi connectivity index (χ1n) is 2.49. The minimum absolute atomic E-state index is 0.826. The van der Waals surface area contributed by atoms with Gasteiger partial charge in [-0.1, -0.05) is 6.08 Å². The predicted molar refractivity (Wildman–Crippen MR) is 26.7 cm³/mol. The number of rotatable bonds is 1. The zero-order valence-electron chi connectivity index (χ0n) is 3.98. The quantitative estimate of drug-likeness (QED) is 0.475. The molecule has 0 fully saturated rings. The Morgan fingerprint density at radius 2 is 2.14 bits per heavy atom. The third-order valence-electron chi connectivity index (χ3n) is 1.23. The fraction of sp³-hybridized carbons (Fsp3) is 0.333. The molecular formula is C6H6O. The summed E-state index contributed by atoms with van der Waals surface area (Å²) in [6.07, 6.45) is 5.44. The molecule has 0 bridgehead atoms. The molecule has 2 aliphatic rings. The van der Waals surface area contributed by atoms with Crippen LogP contribution < -0.4 is 0 Å². The molecule has 1 heteroatoms. The van der Waals surface area contributed by atoms with Gasteiger partial charge in [0.05, 0.1) is 0 Å². The average Bonchev–Trinajstić information content (AvgIpc) is 2.10. The van der Waals surface area contributed by atoms with Crippen LogP contribution in [0, 0.1) is 0 Å². The van der Waals surface area contributed by atoms with Crippen molar-refractivity contribution in [1.82, 2.24) is 0 Å². The Balaban J connectivity index is 2.20. The topological polar surface area (TPSA) is 9.23 Å². The molecular weight excluding hydrogens is 88.1 g/mol. The maximum Gasteiger partial charge on any atom is 0.122 e. The lowest BCUT2D eigenvalue weighted by Crippen LogP contribution is -2.02. The van der Waals surface area contributed by atoms with Gasteiger partial charge in [0.25, 0.3) is 0 Å². The van der Waals surface area contributed by atoms with E-state index in [-0.39, 0.29) is 0 Å². The van der Waals surface area contributed by atoms with E-state index in [0.29, 0.717) is 0 Å². The Bertz CT molecular complexity index is 154. The van der Waals surface area contributed by atoms with Crippen LogP contribution in [0.25, 0.3) is 0 Å². The Morgan fingerprint density at radius 1 is 1.43 bits per heavy atom. The van der Waals surface area contributed by atoms with Gasteiger partial charge in [-0.15, -0.1) is 0 Å². The van der Waals surface area contributed by atoms with Gasteiger partial charge in [0.15, 0.2) is 0 Å². The lowest BCUT2D eigenvalue weighted by molar-refractivity contribution is 0.208. The molecule has 1 aliphatic carbocycles. The first-order valence-corrected chi connectivity index (χ1v) is 2.49. The van der Waals surface area contributed by atoms with Gasteiger partial charge in [-0.3, -0.25) is 0 Å². The average molecular weight is 94.1 g/mol. The molecule has 1 aliphatic heterocycles. The number of hydrogen-bond donors (Lipinski definition) is 0. The molecule has 0 saturated heterocycles. The van der Waals surface area contributed by atoms with Gasteiger partial charge in [0.2, 0.25) is 0 Å². The highest BCUT2D eigenvalue weighted by molar-refractivity contribution is 5.41. The van der Waals surface area contributed by atoms with E-state index in [2.05, 4.69) is 12.2 Å².